The molecule has 0 fully saturated rings. The number of hydrogen-bond donors (Lipinski definition) is 2. The van der Waals surface area contributed by atoms with Crippen molar-refractivity contribution in [2.75, 3.05) is 6.61 Å². The summed E-state index contributed by atoms with van der Waals surface area (Å²) in [7, 11) is -3.78. The summed E-state index contributed by atoms with van der Waals surface area (Å²) in [6, 6.07) is 3.75. The average Bonchev–Trinajstić information content (AvgIpc) is 2.38. The molecule has 6 nitrogen and oxygen atoms in total. The van der Waals surface area contributed by atoms with Crippen LogP contribution < -0.4 is 14.8 Å². The number of carbonyl (C=O) groups is 1. The maximum atomic E-state index is 12.4. The van der Waals surface area contributed by atoms with E-state index in [9.17, 15) is 13.2 Å². The minimum atomic E-state index is -3.78. The average molecular weight is 342 g/mol. The van der Waals surface area contributed by atoms with Crippen LogP contribution in [-0.2, 0) is 14.8 Å². The normalized spacial score (nSPS) is 13.5. The molecule has 0 saturated heterocycles. The fraction of sp³-hybridized carbons (Fsp3) is 0.562. The number of nitrogens with one attached hydrogen (secondary N) is 2. The number of sulfonamides is 1. The fourth-order valence-electron chi connectivity index (χ4n) is 1.94. The van der Waals surface area contributed by atoms with Gasteiger partial charge in [0.1, 0.15) is 5.75 Å². The zero-order valence-corrected chi connectivity index (χ0v) is 15.4. The molecule has 23 heavy (non-hydrogen) atoms. The molecule has 2 N–H and O–H groups in total. The van der Waals surface area contributed by atoms with Crippen LogP contribution in [0.4, 0.5) is 0 Å². The van der Waals surface area contributed by atoms with E-state index < -0.39 is 21.6 Å². The van der Waals surface area contributed by atoms with E-state index in [2.05, 4.69) is 10.0 Å². The van der Waals surface area contributed by atoms with Crippen LogP contribution in [-0.4, -0.2) is 32.5 Å². The van der Waals surface area contributed by atoms with E-state index in [0.717, 1.165) is 5.56 Å². The first kappa shape index (κ1) is 19.4. The predicted octanol–water partition coefficient (Wildman–Crippen LogP) is 1.98. The van der Waals surface area contributed by atoms with E-state index in [4.69, 9.17) is 4.74 Å². The van der Waals surface area contributed by atoms with Crippen molar-refractivity contribution in [3.8, 4) is 5.75 Å². The minimum Gasteiger partial charge on any atom is -0.494 e. The summed E-state index contributed by atoms with van der Waals surface area (Å²) in [5.41, 5.74) is 0.300. The van der Waals surface area contributed by atoms with Crippen molar-refractivity contribution in [3.63, 3.8) is 0 Å². The van der Waals surface area contributed by atoms with Crippen molar-refractivity contribution in [2.24, 2.45) is 0 Å². The number of rotatable bonds is 6. The van der Waals surface area contributed by atoms with Crippen molar-refractivity contribution in [1.29, 1.82) is 0 Å². The van der Waals surface area contributed by atoms with E-state index >= 15 is 0 Å². The molecule has 0 aliphatic heterocycles. The minimum absolute atomic E-state index is 0.105. The molecular formula is C16H26N2O4S. The van der Waals surface area contributed by atoms with Gasteiger partial charge in [-0.3, -0.25) is 4.79 Å². The van der Waals surface area contributed by atoms with Gasteiger partial charge in [0, 0.05) is 5.54 Å². The first-order valence-corrected chi connectivity index (χ1v) is 9.02. The molecule has 7 heteroatoms. The van der Waals surface area contributed by atoms with Gasteiger partial charge in [-0.25, -0.2) is 8.42 Å². The molecule has 1 atom stereocenters. The molecule has 0 heterocycles. The topological polar surface area (TPSA) is 84.5 Å². The van der Waals surface area contributed by atoms with Gasteiger partial charge in [-0.2, -0.15) is 4.72 Å². The molecule has 0 saturated carbocycles. The molecule has 130 valence electrons. The van der Waals surface area contributed by atoms with Crippen molar-refractivity contribution in [2.45, 2.75) is 58.0 Å². The Balaban J connectivity index is 2.91. The Kier molecular flexibility index (Phi) is 6.18. The van der Waals surface area contributed by atoms with Crippen molar-refractivity contribution in [1.82, 2.24) is 10.0 Å². The van der Waals surface area contributed by atoms with E-state index in [1.165, 1.54) is 19.1 Å². The third-order valence-electron chi connectivity index (χ3n) is 2.98. The van der Waals surface area contributed by atoms with Gasteiger partial charge in [-0.05, 0) is 65.3 Å². The van der Waals surface area contributed by atoms with Crippen LogP contribution in [0, 0.1) is 6.92 Å². The Morgan fingerprint density at radius 1 is 1.30 bits per heavy atom. The van der Waals surface area contributed by atoms with E-state index in [1.807, 2.05) is 27.7 Å². The highest BCUT2D eigenvalue weighted by atomic mass is 32.2. The first-order valence-electron chi connectivity index (χ1n) is 7.54. The largest absolute Gasteiger partial charge is 0.494 e. The highest BCUT2D eigenvalue weighted by molar-refractivity contribution is 7.89. The first-order chi connectivity index (χ1) is 10.5. The SMILES string of the molecule is CCOc1ccc(S(=O)(=O)N[C@H](C)C(=O)NC(C)(C)C)cc1C. The fourth-order valence-corrected chi connectivity index (χ4v) is 3.23. The molecular weight excluding hydrogens is 316 g/mol. The van der Waals surface area contributed by atoms with Crippen LogP contribution in [0.5, 0.6) is 5.75 Å². The number of amides is 1. The maximum absolute atomic E-state index is 12.4. The van der Waals surface area contributed by atoms with Crippen LogP contribution in [0.25, 0.3) is 0 Å². The van der Waals surface area contributed by atoms with Gasteiger partial charge in [0.25, 0.3) is 0 Å². The third kappa shape index (κ3) is 5.84. The van der Waals surface area contributed by atoms with Crippen molar-refractivity contribution in [3.05, 3.63) is 23.8 Å². The van der Waals surface area contributed by atoms with E-state index in [1.54, 1.807) is 13.0 Å². The molecule has 1 amide bonds. The molecule has 0 spiro atoms. The second-order valence-electron chi connectivity index (χ2n) is 6.44. The van der Waals surface area contributed by atoms with Crippen LogP contribution in [0.3, 0.4) is 0 Å². The zero-order valence-electron chi connectivity index (χ0n) is 14.6. The Hall–Kier alpha value is -1.60. The van der Waals surface area contributed by atoms with E-state index in [0.29, 0.717) is 12.4 Å². The highest BCUT2D eigenvalue weighted by Gasteiger charge is 2.25. The quantitative estimate of drug-likeness (QED) is 0.828. The Morgan fingerprint density at radius 3 is 2.39 bits per heavy atom. The number of hydrogen-bond acceptors (Lipinski definition) is 4. The lowest BCUT2D eigenvalue weighted by Crippen LogP contribution is -2.50. The van der Waals surface area contributed by atoms with Crippen LogP contribution in [0.2, 0.25) is 0 Å². The van der Waals surface area contributed by atoms with E-state index in [-0.39, 0.29) is 10.8 Å². The number of benzene rings is 1. The summed E-state index contributed by atoms with van der Waals surface area (Å²) in [4.78, 5) is 12.1. The molecule has 0 aliphatic carbocycles. The molecule has 0 radical (unpaired) electrons. The van der Waals surface area contributed by atoms with Crippen molar-refractivity contribution >= 4 is 15.9 Å². The number of carbonyl (C=O) groups excluding carboxylic acids is 1. The molecule has 0 bridgehead atoms. The van der Waals surface area contributed by atoms with Crippen LogP contribution in [0.15, 0.2) is 23.1 Å². The van der Waals surface area contributed by atoms with Gasteiger partial charge in [-0.15, -0.1) is 0 Å². The Labute approximate surface area is 138 Å². The lowest BCUT2D eigenvalue weighted by Gasteiger charge is -2.23. The van der Waals surface area contributed by atoms with Gasteiger partial charge in [0.15, 0.2) is 0 Å². The number of ether oxygens (including phenoxy) is 1. The zero-order chi connectivity index (χ0) is 17.8. The number of aryl methyl sites for hydroxylation is 1. The van der Waals surface area contributed by atoms with Gasteiger partial charge < -0.3 is 10.1 Å². The second kappa shape index (κ2) is 7.31. The summed E-state index contributed by atoms with van der Waals surface area (Å²) in [6.45, 7) is 11.2. The van der Waals surface area contributed by atoms with Gasteiger partial charge in [-0.1, -0.05) is 0 Å². The van der Waals surface area contributed by atoms with Crippen LogP contribution in [0.1, 0.15) is 40.2 Å². The summed E-state index contributed by atoms with van der Waals surface area (Å²) >= 11 is 0. The highest BCUT2D eigenvalue weighted by Crippen LogP contribution is 2.21. The smallest absolute Gasteiger partial charge is 0.241 e. The predicted molar refractivity (Wildman–Crippen MR) is 90.0 cm³/mol. The third-order valence-corrected chi connectivity index (χ3v) is 4.52. The maximum Gasteiger partial charge on any atom is 0.241 e. The second-order valence-corrected chi connectivity index (χ2v) is 8.16. The molecule has 1 aromatic carbocycles. The molecule has 0 aliphatic rings. The summed E-state index contributed by atoms with van der Waals surface area (Å²) in [5, 5.41) is 2.74. The lowest BCUT2D eigenvalue weighted by molar-refractivity contribution is -0.123. The Morgan fingerprint density at radius 2 is 1.91 bits per heavy atom. The lowest BCUT2D eigenvalue weighted by atomic mass is 10.1. The Bertz CT molecular complexity index is 663. The van der Waals surface area contributed by atoms with Crippen LogP contribution >= 0.6 is 0 Å². The molecule has 0 unspecified atom stereocenters. The van der Waals surface area contributed by atoms with Gasteiger partial charge in [0.05, 0.1) is 17.5 Å². The van der Waals surface area contributed by atoms with Gasteiger partial charge in [0.2, 0.25) is 15.9 Å². The standard InChI is InChI=1S/C16H26N2O4S/c1-7-22-14-9-8-13(10-11(14)2)23(20,21)18-12(3)15(19)17-16(4,5)6/h8-10,12,18H,7H2,1-6H3,(H,17,19)/t12-/m1/s1. The van der Waals surface area contributed by atoms with Crippen molar-refractivity contribution < 1.29 is 17.9 Å². The molecule has 1 aromatic rings. The summed E-state index contributed by atoms with van der Waals surface area (Å²) in [5.74, 6) is 0.272. The monoisotopic (exact) mass is 342 g/mol. The summed E-state index contributed by atoms with van der Waals surface area (Å²) < 4.78 is 32.6. The summed E-state index contributed by atoms with van der Waals surface area (Å²) in [6.07, 6.45) is 0. The molecule has 0 aromatic heterocycles. The molecule has 1 rings (SSSR count). The van der Waals surface area contributed by atoms with Gasteiger partial charge >= 0.3 is 0 Å².